The largest absolute Gasteiger partial charge is 0.491 e. The lowest BCUT2D eigenvalue weighted by molar-refractivity contribution is 0.101. The summed E-state index contributed by atoms with van der Waals surface area (Å²) in [5.74, 6) is 1.87. The van der Waals surface area contributed by atoms with Crippen molar-refractivity contribution in [3.8, 4) is 5.75 Å². The Morgan fingerprint density at radius 3 is 2.56 bits per heavy atom. The molecule has 8 nitrogen and oxygen atoms in total. The van der Waals surface area contributed by atoms with Crippen molar-refractivity contribution in [2.75, 3.05) is 12.4 Å². The highest BCUT2D eigenvalue weighted by Gasteiger charge is 2.18. The van der Waals surface area contributed by atoms with Gasteiger partial charge in [0.1, 0.15) is 12.4 Å². The van der Waals surface area contributed by atoms with E-state index in [4.69, 9.17) is 4.74 Å². The molecular weight excluding hydrogens is 452 g/mol. The summed E-state index contributed by atoms with van der Waals surface area (Å²) in [6.07, 6.45) is 0.107. The van der Waals surface area contributed by atoms with Gasteiger partial charge in [0.15, 0.2) is 10.9 Å². The Kier molecular flexibility index (Phi) is 7.33. The van der Waals surface area contributed by atoms with Gasteiger partial charge in [0.05, 0.1) is 17.0 Å². The van der Waals surface area contributed by atoms with E-state index in [0.29, 0.717) is 45.8 Å². The van der Waals surface area contributed by atoms with Gasteiger partial charge in [-0.1, -0.05) is 37.7 Å². The monoisotopic (exact) mass is 480 g/mol. The number of fused-ring (bicyclic) bond motifs is 3. The van der Waals surface area contributed by atoms with E-state index in [1.807, 2.05) is 28.7 Å². The fourth-order valence-corrected chi connectivity index (χ4v) is 4.46. The minimum absolute atomic E-state index is 0.00864. The third-order valence-corrected chi connectivity index (χ3v) is 6.59. The molecule has 4 aromatic rings. The fourth-order valence-electron chi connectivity index (χ4n) is 3.61. The van der Waals surface area contributed by atoms with E-state index in [0.717, 1.165) is 11.9 Å². The maximum absolute atomic E-state index is 13.1. The van der Waals surface area contributed by atoms with E-state index >= 15 is 0 Å². The number of carbonyl (C=O) groups is 1. The van der Waals surface area contributed by atoms with Crippen LogP contribution in [0.15, 0.2) is 58.5 Å². The van der Waals surface area contributed by atoms with E-state index in [9.17, 15) is 14.7 Å². The number of nitrogens with zero attached hydrogens (tertiary/aromatic N) is 4. The van der Waals surface area contributed by atoms with Crippen molar-refractivity contribution in [1.29, 1.82) is 0 Å². The van der Waals surface area contributed by atoms with Gasteiger partial charge in [-0.05, 0) is 55.7 Å². The topological polar surface area (TPSA) is 98.7 Å². The molecule has 0 bridgehead atoms. The molecule has 0 radical (unpaired) electrons. The first-order chi connectivity index (χ1) is 16.3. The molecule has 4 rings (SSSR count). The summed E-state index contributed by atoms with van der Waals surface area (Å²) in [4.78, 5) is 24.5. The van der Waals surface area contributed by atoms with Crippen molar-refractivity contribution in [3.63, 3.8) is 0 Å². The molecule has 2 heterocycles. The van der Waals surface area contributed by atoms with Crippen LogP contribution in [-0.2, 0) is 6.54 Å². The minimum atomic E-state index is -0.747. The molecule has 2 aromatic carbocycles. The van der Waals surface area contributed by atoms with Crippen LogP contribution in [0, 0.1) is 5.92 Å². The third-order valence-electron chi connectivity index (χ3n) is 5.52. The first kappa shape index (κ1) is 24.0. The molecule has 0 aliphatic heterocycles. The lowest BCUT2D eigenvalue weighted by atomic mass is 10.1. The number of hydrogen-bond donors (Lipinski definition) is 1. The lowest BCUT2D eigenvalue weighted by Crippen LogP contribution is -2.24. The highest BCUT2D eigenvalue weighted by molar-refractivity contribution is 7.99. The van der Waals surface area contributed by atoms with Gasteiger partial charge < -0.3 is 9.84 Å². The predicted molar refractivity (Wildman–Crippen MR) is 133 cm³/mol. The van der Waals surface area contributed by atoms with Crippen molar-refractivity contribution < 1.29 is 14.6 Å². The van der Waals surface area contributed by atoms with Gasteiger partial charge in [-0.2, -0.15) is 0 Å². The second-order valence-electron chi connectivity index (χ2n) is 8.63. The Morgan fingerprint density at radius 2 is 1.85 bits per heavy atom. The molecule has 0 fully saturated rings. The zero-order valence-electron chi connectivity index (χ0n) is 19.5. The molecule has 0 saturated heterocycles. The van der Waals surface area contributed by atoms with Crippen molar-refractivity contribution in [2.45, 2.75) is 45.0 Å². The van der Waals surface area contributed by atoms with Crippen molar-refractivity contribution in [1.82, 2.24) is 19.2 Å². The van der Waals surface area contributed by atoms with Gasteiger partial charge in [0.25, 0.3) is 5.56 Å². The molecule has 1 unspecified atom stereocenters. The molecule has 0 amide bonds. The van der Waals surface area contributed by atoms with Crippen LogP contribution >= 0.6 is 11.8 Å². The molecule has 1 N–H and O–H groups in total. The van der Waals surface area contributed by atoms with Gasteiger partial charge in [0.2, 0.25) is 5.78 Å². The Hall–Kier alpha value is -3.17. The number of ether oxygens (including phenoxy) is 1. The third kappa shape index (κ3) is 5.15. The van der Waals surface area contributed by atoms with Crippen molar-refractivity contribution >= 4 is 34.2 Å². The van der Waals surface area contributed by atoms with Gasteiger partial charge >= 0.3 is 0 Å². The van der Waals surface area contributed by atoms with E-state index in [2.05, 4.69) is 24.0 Å². The smallest absolute Gasteiger partial charge is 0.262 e. The average Bonchev–Trinajstić information content (AvgIpc) is 3.25. The van der Waals surface area contributed by atoms with Gasteiger partial charge in [-0.15, -0.1) is 10.2 Å². The Labute approximate surface area is 201 Å². The standard InChI is InChI=1S/C25H28N4O4S/c1-16(2)12-13-28-23(32)21-6-4-5-7-22(21)29-24(28)26-27-25(29)34-15-19(31)14-33-20-10-8-18(9-11-20)17(3)30/h4-11,16,19,31H,12-15H2,1-3H3. The normalized spacial score (nSPS) is 12.5. The first-order valence-corrected chi connectivity index (χ1v) is 12.2. The van der Waals surface area contributed by atoms with Gasteiger partial charge in [-0.25, -0.2) is 0 Å². The van der Waals surface area contributed by atoms with Crippen LogP contribution in [0.5, 0.6) is 5.75 Å². The summed E-state index contributed by atoms with van der Waals surface area (Å²) in [7, 11) is 0. The van der Waals surface area contributed by atoms with Crippen LogP contribution in [0.25, 0.3) is 16.7 Å². The molecule has 0 spiro atoms. The van der Waals surface area contributed by atoms with Crippen LogP contribution in [0.3, 0.4) is 0 Å². The molecule has 34 heavy (non-hydrogen) atoms. The summed E-state index contributed by atoms with van der Waals surface area (Å²) in [6.45, 7) is 6.42. The van der Waals surface area contributed by atoms with Crippen LogP contribution in [0.1, 0.15) is 37.6 Å². The van der Waals surface area contributed by atoms with E-state index in [1.165, 1.54) is 18.7 Å². The molecule has 1 atom stereocenters. The Bertz CT molecular complexity index is 1360. The number of rotatable bonds is 10. The average molecular weight is 481 g/mol. The van der Waals surface area contributed by atoms with Crippen LogP contribution in [-0.4, -0.2) is 48.5 Å². The van der Waals surface area contributed by atoms with Crippen LogP contribution in [0.4, 0.5) is 0 Å². The number of ketones is 1. The number of benzene rings is 2. The number of aromatic nitrogens is 4. The number of Topliss-reactive ketones (excluding diaryl/α,β-unsaturated/α-hetero) is 1. The summed E-state index contributed by atoms with van der Waals surface area (Å²) in [6, 6.07) is 14.3. The summed E-state index contributed by atoms with van der Waals surface area (Å²) in [5, 5.41) is 20.3. The fraction of sp³-hybridized carbons (Fsp3) is 0.360. The summed E-state index contributed by atoms with van der Waals surface area (Å²) < 4.78 is 9.23. The van der Waals surface area contributed by atoms with E-state index in [-0.39, 0.29) is 17.9 Å². The molecule has 0 aliphatic carbocycles. The maximum Gasteiger partial charge on any atom is 0.262 e. The van der Waals surface area contributed by atoms with Crippen LogP contribution in [0.2, 0.25) is 0 Å². The number of aliphatic hydroxyl groups excluding tert-OH is 1. The van der Waals surface area contributed by atoms with Crippen LogP contribution < -0.4 is 10.3 Å². The number of aliphatic hydroxyl groups is 1. The van der Waals surface area contributed by atoms with Crippen molar-refractivity contribution in [2.24, 2.45) is 5.92 Å². The first-order valence-electron chi connectivity index (χ1n) is 11.3. The van der Waals surface area contributed by atoms with E-state index in [1.54, 1.807) is 28.8 Å². The maximum atomic E-state index is 13.1. The second kappa shape index (κ2) is 10.4. The summed E-state index contributed by atoms with van der Waals surface area (Å²) >= 11 is 1.36. The van der Waals surface area contributed by atoms with E-state index < -0.39 is 6.10 Å². The predicted octanol–water partition coefficient (Wildman–Crippen LogP) is 3.82. The second-order valence-corrected chi connectivity index (χ2v) is 9.62. The SMILES string of the molecule is CC(=O)c1ccc(OCC(O)CSc2nnc3n(CCC(C)C)c(=O)c4ccccc4n23)cc1. The molecule has 2 aromatic heterocycles. The highest BCUT2D eigenvalue weighted by Crippen LogP contribution is 2.23. The number of thioether (sulfide) groups is 1. The van der Waals surface area contributed by atoms with Gasteiger partial charge in [0, 0.05) is 17.9 Å². The number of hydrogen-bond acceptors (Lipinski definition) is 7. The molecular formula is C25H28N4O4S. The zero-order chi connectivity index (χ0) is 24.2. The quantitative estimate of drug-likeness (QED) is 0.272. The van der Waals surface area contributed by atoms with Crippen molar-refractivity contribution in [3.05, 3.63) is 64.4 Å². The Balaban J connectivity index is 1.52. The number of para-hydroxylation sites is 1. The van der Waals surface area contributed by atoms with Gasteiger partial charge in [-0.3, -0.25) is 18.6 Å². The molecule has 9 heteroatoms. The molecule has 178 valence electrons. The molecule has 0 saturated carbocycles. The number of aryl methyl sites for hydroxylation is 1. The lowest BCUT2D eigenvalue weighted by Gasteiger charge is -2.13. The zero-order valence-corrected chi connectivity index (χ0v) is 20.3. The highest BCUT2D eigenvalue weighted by atomic mass is 32.2. The minimum Gasteiger partial charge on any atom is -0.491 e. The Morgan fingerprint density at radius 1 is 1.12 bits per heavy atom. The number of carbonyl (C=O) groups excluding carboxylic acids is 1. The molecule has 0 aliphatic rings. The summed E-state index contributed by atoms with van der Waals surface area (Å²) in [5.41, 5.74) is 1.28.